The number of nitrogens with zero attached hydrogens (tertiary/aromatic N) is 3. The Kier molecular flexibility index (Phi) is 3.20. The van der Waals surface area contributed by atoms with Gasteiger partial charge in [0, 0.05) is 24.0 Å². The lowest BCUT2D eigenvalue weighted by Crippen LogP contribution is -2.44. The third-order valence-corrected chi connectivity index (χ3v) is 5.95. The Balaban J connectivity index is 1.72. The van der Waals surface area contributed by atoms with Crippen molar-refractivity contribution in [3.63, 3.8) is 0 Å². The number of aliphatic carboxylic acids is 1. The molecule has 126 valence electrons. The molecular weight excluding hydrogens is 306 g/mol. The van der Waals surface area contributed by atoms with Gasteiger partial charge in [-0.25, -0.2) is 4.98 Å². The molecule has 24 heavy (non-hydrogen) atoms. The van der Waals surface area contributed by atoms with E-state index < -0.39 is 11.4 Å². The second-order valence-electron chi connectivity index (χ2n) is 7.00. The van der Waals surface area contributed by atoms with Gasteiger partial charge in [-0.2, -0.15) is 0 Å². The summed E-state index contributed by atoms with van der Waals surface area (Å²) in [5.74, 6) is -0.914. The van der Waals surface area contributed by atoms with Crippen molar-refractivity contribution in [3.05, 3.63) is 35.8 Å². The van der Waals surface area contributed by atoms with Crippen LogP contribution >= 0.6 is 0 Å². The second kappa shape index (κ2) is 5.06. The van der Waals surface area contributed by atoms with Gasteiger partial charge in [-0.3, -0.25) is 9.59 Å². The maximum atomic E-state index is 13.1. The van der Waals surface area contributed by atoms with Gasteiger partial charge in [-0.1, -0.05) is 13.0 Å². The second-order valence-corrected chi connectivity index (χ2v) is 7.00. The van der Waals surface area contributed by atoms with E-state index in [1.54, 1.807) is 11.1 Å². The fourth-order valence-electron chi connectivity index (χ4n) is 4.63. The predicted molar refractivity (Wildman–Crippen MR) is 87.9 cm³/mol. The van der Waals surface area contributed by atoms with Gasteiger partial charge in [0.2, 0.25) is 0 Å². The molecule has 4 rings (SSSR count). The Morgan fingerprint density at radius 1 is 1.38 bits per heavy atom. The van der Waals surface area contributed by atoms with Crippen LogP contribution in [0.25, 0.3) is 5.65 Å². The summed E-state index contributed by atoms with van der Waals surface area (Å²) in [6.45, 7) is 3.88. The molecule has 2 bridgehead atoms. The summed E-state index contributed by atoms with van der Waals surface area (Å²) in [5.41, 5.74) is 1.36. The smallest absolute Gasteiger partial charge is 0.311 e. The number of fused-ring (bicyclic) bond motifs is 3. The molecule has 6 nitrogen and oxygen atoms in total. The topological polar surface area (TPSA) is 74.9 Å². The average molecular weight is 327 g/mol. The monoisotopic (exact) mass is 327 g/mol. The van der Waals surface area contributed by atoms with E-state index in [4.69, 9.17) is 0 Å². The van der Waals surface area contributed by atoms with Crippen molar-refractivity contribution in [2.24, 2.45) is 5.41 Å². The van der Waals surface area contributed by atoms with Gasteiger partial charge in [0.1, 0.15) is 11.3 Å². The highest BCUT2D eigenvalue weighted by atomic mass is 16.4. The Morgan fingerprint density at radius 3 is 2.79 bits per heavy atom. The van der Waals surface area contributed by atoms with E-state index in [1.807, 2.05) is 36.4 Å². The minimum absolute atomic E-state index is 0.0180. The van der Waals surface area contributed by atoms with Crippen molar-refractivity contribution in [2.75, 3.05) is 0 Å². The van der Waals surface area contributed by atoms with E-state index in [9.17, 15) is 14.7 Å². The van der Waals surface area contributed by atoms with Crippen LogP contribution in [-0.2, 0) is 4.79 Å². The molecule has 2 aliphatic rings. The maximum Gasteiger partial charge on any atom is 0.311 e. The summed E-state index contributed by atoms with van der Waals surface area (Å²) in [6, 6.07) is 5.55. The standard InChI is InChI=1S/C18H21N3O3/c1-3-18(17(23)24)9-12-7-8-14(18)21(12)16(22)13-10-20-11(2)5-4-6-15(20)19-13/h4-6,10,12,14H,3,7-9H2,1-2H3,(H,23,24)/t12-,14+,18+/m0/s1. The Labute approximate surface area is 140 Å². The number of carbonyl (C=O) groups is 2. The fourth-order valence-corrected chi connectivity index (χ4v) is 4.63. The summed E-state index contributed by atoms with van der Waals surface area (Å²) in [7, 11) is 0. The van der Waals surface area contributed by atoms with Crippen LogP contribution in [0.5, 0.6) is 0 Å². The largest absolute Gasteiger partial charge is 0.481 e. The molecular formula is C18H21N3O3. The molecule has 2 fully saturated rings. The van der Waals surface area contributed by atoms with Gasteiger partial charge in [-0.15, -0.1) is 0 Å². The first kappa shape index (κ1) is 15.2. The van der Waals surface area contributed by atoms with Crippen LogP contribution < -0.4 is 0 Å². The van der Waals surface area contributed by atoms with Crippen molar-refractivity contribution in [1.29, 1.82) is 0 Å². The normalized spacial score (nSPS) is 28.7. The van der Waals surface area contributed by atoms with Gasteiger partial charge >= 0.3 is 5.97 Å². The molecule has 2 aliphatic heterocycles. The summed E-state index contributed by atoms with van der Waals surface area (Å²) >= 11 is 0. The Hall–Kier alpha value is -2.37. The number of aromatic nitrogens is 2. The van der Waals surface area contributed by atoms with E-state index >= 15 is 0 Å². The number of pyridine rings is 1. The van der Waals surface area contributed by atoms with E-state index in [2.05, 4.69) is 4.98 Å². The van der Waals surface area contributed by atoms with Crippen LogP contribution in [0.3, 0.4) is 0 Å². The first-order valence-electron chi connectivity index (χ1n) is 8.48. The number of amides is 1. The fraction of sp³-hybridized carbons (Fsp3) is 0.500. The maximum absolute atomic E-state index is 13.1. The Bertz CT molecular complexity index is 843. The number of carboxylic acid groups (broad SMARTS) is 1. The van der Waals surface area contributed by atoms with Crippen molar-refractivity contribution >= 4 is 17.5 Å². The minimum Gasteiger partial charge on any atom is -0.481 e. The highest BCUT2D eigenvalue weighted by Crippen LogP contribution is 2.52. The van der Waals surface area contributed by atoms with Crippen molar-refractivity contribution in [1.82, 2.24) is 14.3 Å². The molecule has 2 saturated heterocycles. The molecule has 6 heteroatoms. The molecule has 0 aliphatic carbocycles. The molecule has 0 unspecified atom stereocenters. The lowest BCUT2D eigenvalue weighted by atomic mass is 9.72. The molecule has 2 aromatic heterocycles. The van der Waals surface area contributed by atoms with Crippen LogP contribution in [0.15, 0.2) is 24.4 Å². The van der Waals surface area contributed by atoms with E-state index in [0.29, 0.717) is 18.5 Å². The number of carboxylic acids is 1. The first-order chi connectivity index (χ1) is 11.5. The molecule has 0 saturated carbocycles. The summed E-state index contributed by atoms with van der Waals surface area (Å²) < 4.78 is 1.90. The summed E-state index contributed by atoms with van der Waals surface area (Å²) in [4.78, 5) is 31.2. The molecule has 0 spiro atoms. The van der Waals surface area contributed by atoms with Crippen LogP contribution in [0.4, 0.5) is 0 Å². The molecule has 1 N–H and O–H groups in total. The van der Waals surface area contributed by atoms with E-state index in [0.717, 1.165) is 24.2 Å². The zero-order valence-corrected chi connectivity index (χ0v) is 13.9. The highest BCUT2D eigenvalue weighted by molar-refractivity contribution is 5.95. The van der Waals surface area contributed by atoms with E-state index in [1.165, 1.54) is 0 Å². The van der Waals surface area contributed by atoms with Crippen LogP contribution in [0, 0.1) is 12.3 Å². The van der Waals surface area contributed by atoms with Crippen LogP contribution in [0.2, 0.25) is 0 Å². The van der Waals surface area contributed by atoms with Gasteiger partial charge < -0.3 is 14.4 Å². The number of aryl methyl sites for hydroxylation is 1. The van der Waals surface area contributed by atoms with Gasteiger partial charge in [-0.05, 0) is 44.7 Å². The van der Waals surface area contributed by atoms with E-state index in [-0.39, 0.29) is 18.0 Å². The Morgan fingerprint density at radius 2 is 2.17 bits per heavy atom. The lowest BCUT2D eigenvalue weighted by Gasteiger charge is -2.32. The van der Waals surface area contributed by atoms with Crippen molar-refractivity contribution in [3.8, 4) is 0 Å². The molecule has 2 aromatic rings. The number of hydrogen-bond acceptors (Lipinski definition) is 3. The number of hydrogen-bond donors (Lipinski definition) is 1. The molecule has 4 heterocycles. The van der Waals surface area contributed by atoms with Crippen molar-refractivity contribution < 1.29 is 14.7 Å². The number of imidazole rings is 1. The predicted octanol–water partition coefficient (Wildman–Crippen LogP) is 2.50. The number of carbonyl (C=O) groups excluding carboxylic acids is 1. The summed E-state index contributed by atoms with van der Waals surface area (Å²) in [5, 5.41) is 9.75. The molecule has 3 atom stereocenters. The van der Waals surface area contributed by atoms with Gasteiger partial charge in [0.25, 0.3) is 5.91 Å². The molecule has 0 radical (unpaired) electrons. The lowest BCUT2D eigenvalue weighted by molar-refractivity contribution is -0.151. The van der Waals surface area contributed by atoms with Crippen LogP contribution in [-0.4, -0.2) is 43.4 Å². The highest BCUT2D eigenvalue weighted by Gasteiger charge is 2.60. The molecule has 1 amide bonds. The quantitative estimate of drug-likeness (QED) is 0.940. The third kappa shape index (κ3) is 1.85. The summed E-state index contributed by atoms with van der Waals surface area (Å²) in [6.07, 6.45) is 4.53. The average Bonchev–Trinajstić information content (AvgIpc) is 3.25. The van der Waals surface area contributed by atoms with Gasteiger partial charge in [0.15, 0.2) is 0 Å². The minimum atomic E-state index is -0.798. The SMILES string of the molecule is CC[C@@]1(C(=O)O)C[C@@H]2CC[C@H]1N2C(=O)c1cn2c(C)cccc2n1. The molecule has 0 aromatic carbocycles. The third-order valence-electron chi connectivity index (χ3n) is 5.95. The van der Waals surface area contributed by atoms with Crippen molar-refractivity contribution in [2.45, 2.75) is 51.6 Å². The number of rotatable bonds is 3. The first-order valence-corrected chi connectivity index (χ1v) is 8.48. The van der Waals surface area contributed by atoms with Crippen LogP contribution in [0.1, 0.15) is 48.8 Å². The van der Waals surface area contributed by atoms with Gasteiger partial charge in [0.05, 0.1) is 5.41 Å². The zero-order valence-electron chi connectivity index (χ0n) is 13.9. The zero-order chi connectivity index (χ0) is 17.1.